The molecule has 0 aliphatic carbocycles. The Balaban J connectivity index is 1.50. The number of hydrogen-bond donors (Lipinski definition) is 2. The van der Waals surface area contributed by atoms with Crippen LogP contribution in [0.3, 0.4) is 0 Å². The number of rotatable bonds is 13. The Bertz CT molecular complexity index is 2290. The fourth-order valence-corrected chi connectivity index (χ4v) is 7.07. The highest BCUT2D eigenvalue weighted by Crippen LogP contribution is 2.46. The van der Waals surface area contributed by atoms with Gasteiger partial charge in [-0.1, -0.05) is 0 Å². The van der Waals surface area contributed by atoms with Crippen LogP contribution in [0.4, 0.5) is 0 Å². The molecule has 14 nitrogen and oxygen atoms in total. The van der Waals surface area contributed by atoms with Gasteiger partial charge in [0.2, 0.25) is 16.9 Å². The largest absolute Gasteiger partial charge is 0.502 e. The van der Waals surface area contributed by atoms with Gasteiger partial charge in [-0.2, -0.15) is 0 Å². The molecule has 2 atom stereocenters. The maximum absolute atomic E-state index is 13.5. The lowest BCUT2D eigenvalue weighted by molar-refractivity contribution is -0.140. The molecule has 3 heterocycles. The molecule has 0 amide bonds. The van der Waals surface area contributed by atoms with Gasteiger partial charge < -0.3 is 47.7 Å². The average molecular weight is 743 g/mol. The Kier molecular flexibility index (Phi) is 11.0. The smallest absolute Gasteiger partial charge is 0.306 e. The van der Waals surface area contributed by atoms with E-state index >= 15 is 0 Å². The molecule has 0 saturated carbocycles. The predicted molar refractivity (Wildman–Crippen MR) is 198 cm³/mol. The standard InChI is InChI=1S/C40H42N2O12/c1-47-24-8-9-29-22(12-24)13-28(40(46)41-29)27(19-35(44)52-6)38-37(45)30(43)17-25(54-38)20-42-11-10-21-14-31(48-2)32(49-3)18-26(21)36(42)23-15-33(50-4)39(53-7)34(16-23)51-5/h8-9,12-18,27,36,45H,10-11,19-20H2,1-7H3,(H,41,46)/t27-,36-/m1/s1. The number of ether oxygens (including phenoxy) is 7. The van der Waals surface area contributed by atoms with Gasteiger partial charge >= 0.3 is 5.97 Å². The van der Waals surface area contributed by atoms with Crippen molar-refractivity contribution < 1.29 is 47.5 Å². The summed E-state index contributed by atoms with van der Waals surface area (Å²) in [6.07, 6.45) is 0.203. The van der Waals surface area contributed by atoms with Gasteiger partial charge in [0.25, 0.3) is 5.56 Å². The molecule has 0 bridgehead atoms. The third-order valence-electron chi connectivity index (χ3n) is 9.71. The highest BCUT2D eigenvalue weighted by Gasteiger charge is 2.34. The second-order valence-corrected chi connectivity index (χ2v) is 12.6. The lowest BCUT2D eigenvalue weighted by Crippen LogP contribution is -2.36. The summed E-state index contributed by atoms with van der Waals surface area (Å²) in [5, 5.41) is 11.8. The fourth-order valence-electron chi connectivity index (χ4n) is 7.07. The van der Waals surface area contributed by atoms with Crippen molar-refractivity contribution in [3.8, 4) is 40.2 Å². The maximum atomic E-state index is 13.5. The number of hydrogen-bond acceptors (Lipinski definition) is 13. The summed E-state index contributed by atoms with van der Waals surface area (Å²) in [5.41, 5.74) is 2.03. The molecule has 0 spiro atoms. The van der Waals surface area contributed by atoms with E-state index in [9.17, 15) is 19.5 Å². The molecule has 54 heavy (non-hydrogen) atoms. The first kappa shape index (κ1) is 37.6. The summed E-state index contributed by atoms with van der Waals surface area (Å²) in [4.78, 5) is 44.7. The Morgan fingerprint density at radius 2 is 1.54 bits per heavy atom. The van der Waals surface area contributed by atoms with Crippen molar-refractivity contribution in [1.29, 1.82) is 0 Å². The second kappa shape index (κ2) is 15.8. The molecular weight excluding hydrogens is 700 g/mol. The van der Waals surface area contributed by atoms with E-state index in [0.29, 0.717) is 58.4 Å². The maximum Gasteiger partial charge on any atom is 0.306 e. The zero-order chi connectivity index (χ0) is 38.7. The molecule has 0 radical (unpaired) electrons. The number of carbonyl (C=O) groups is 1. The van der Waals surface area contributed by atoms with Gasteiger partial charge in [-0.05, 0) is 71.6 Å². The topological polar surface area (TPSA) is 168 Å². The van der Waals surface area contributed by atoms with Crippen LogP contribution in [0.2, 0.25) is 0 Å². The number of aromatic nitrogens is 1. The van der Waals surface area contributed by atoms with Crippen LogP contribution in [0.15, 0.2) is 68.6 Å². The number of methoxy groups -OCH3 is 7. The molecule has 1 aliphatic rings. The van der Waals surface area contributed by atoms with Gasteiger partial charge in [-0.15, -0.1) is 0 Å². The number of carbonyl (C=O) groups excluding carboxylic acids is 1. The molecular formula is C40H42N2O12. The molecule has 3 aromatic carbocycles. The number of H-pyrrole nitrogens is 1. The predicted octanol–water partition coefficient (Wildman–Crippen LogP) is 5.08. The second-order valence-electron chi connectivity index (χ2n) is 12.6. The first-order valence-corrected chi connectivity index (χ1v) is 17.0. The van der Waals surface area contributed by atoms with E-state index in [1.807, 2.05) is 24.3 Å². The van der Waals surface area contributed by atoms with Gasteiger partial charge in [0.15, 0.2) is 28.8 Å². The fraction of sp³-hybridized carbons (Fsp3) is 0.325. The molecule has 6 rings (SSSR count). The molecule has 14 heteroatoms. The van der Waals surface area contributed by atoms with Crippen molar-refractivity contribution in [3.05, 3.63) is 109 Å². The molecule has 0 unspecified atom stereocenters. The quantitative estimate of drug-likeness (QED) is 0.153. The van der Waals surface area contributed by atoms with Crippen LogP contribution in [-0.2, 0) is 22.5 Å². The van der Waals surface area contributed by atoms with Crippen LogP contribution < -0.4 is 39.4 Å². The Hall–Kier alpha value is -6.15. The number of pyridine rings is 1. The normalized spacial score (nSPS) is 14.5. The van der Waals surface area contributed by atoms with Crippen LogP contribution in [0.5, 0.6) is 40.2 Å². The van der Waals surface area contributed by atoms with Crippen molar-refractivity contribution in [3.63, 3.8) is 0 Å². The molecule has 0 saturated heterocycles. The van der Waals surface area contributed by atoms with Gasteiger partial charge in [0, 0.05) is 29.1 Å². The van der Waals surface area contributed by atoms with Crippen molar-refractivity contribution in [2.45, 2.75) is 31.3 Å². The highest BCUT2D eigenvalue weighted by atomic mass is 16.5. The van der Waals surface area contributed by atoms with Crippen molar-refractivity contribution in [1.82, 2.24) is 9.88 Å². The van der Waals surface area contributed by atoms with Crippen LogP contribution in [0.1, 0.15) is 52.2 Å². The number of aromatic amines is 1. The number of fused-ring (bicyclic) bond motifs is 2. The summed E-state index contributed by atoms with van der Waals surface area (Å²) in [6.45, 7) is 0.579. The SMILES string of the molecule is COC(=O)C[C@@H](c1oc(CN2CCc3cc(OC)c(OC)cc3[C@H]2c2cc(OC)c(OC)c(OC)c2)cc(=O)c1O)c1cc2cc(OC)ccc2[nH]c1=O. The third-order valence-corrected chi connectivity index (χ3v) is 9.71. The van der Waals surface area contributed by atoms with Crippen molar-refractivity contribution in [2.75, 3.05) is 56.3 Å². The van der Waals surface area contributed by atoms with E-state index in [2.05, 4.69) is 9.88 Å². The van der Waals surface area contributed by atoms with E-state index in [1.165, 1.54) is 41.6 Å². The molecule has 2 N–H and O–H groups in total. The van der Waals surface area contributed by atoms with Gasteiger partial charge in [0.1, 0.15) is 11.5 Å². The lowest BCUT2D eigenvalue weighted by atomic mass is 9.87. The summed E-state index contributed by atoms with van der Waals surface area (Å²) in [6, 6.07) is 15.0. The average Bonchev–Trinajstić information content (AvgIpc) is 3.19. The molecule has 2 aromatic heterocycles. The Labute approximate surface area is 310 Å². The third kappa shape index (κ3) is 7.12. The van der Waals surface area contributed by atoms with E-state index in [-0.39, 0.29) is 23.6 Å². The van der Waals surface area contributed by atoms with Gasteiger partial charge in [0.05, 0.1) is 74.7 Å². The zero-order valence-corrected chi connectivity index (χ0v) is 31.1. The highest BCUT2D eigenvalue weighted by molar-refractivity contribution is 5.81. The minimum atomic E-state index is -1.19. The first-order valence-electron chi connectivity index (χ1n) is 17.0. The number of esters is 1. The zero-order valence-electron chi connectivity index (χ0n) is 31.1. The van der Waals surface area contributed by atoms with Crippen LogP contribution >= 0.6 is 0 Å². The van der Waals surface area contributed by atoms with E-state index in [1.54, 1.807) is 38.5 Å². The van der Waals surface area contributed by atoms with Crippen molar-refractivity contribution in [2.24, 2.45) is 0 Å². The van der Waals surface area contributed by atoms with Gasteiger partial charge in [-0.25, -0.2) is 0 Å². The van der Waals surface area contributed by atoms with Crippen LogP contribution in [-0.4, -0.2) is 77.3 Å². The van der Waals surface area contributed by atoms with E-state index in [4.69, 9.17) is 37.6 Å². The first-order chi connectivity index (χ1) is 26.1. The lowest BCUT2D eigenvalue weighted by Gasteiger charge is -2.38. The number of nitrogens with zero attached hydrogens (tertiary/aromatic N) is 1. The number of benzene rings is 3. The summed E-state index contributed by atoms with van der Waals surface area (Å²) < 4.78 is 45.0. The van der Waals surface area contributed by atoms with E-state index < -0.39 is 41.1 Å². The molecule has 1 aliphatic heterocycles. The molecule has 284 valence electrons. The van der Waals surface area contributed by atoms with Crippen molar-refractivity contribution >= 4 is 16.9 Å². The minimum Gasteiger partial charge on any atom is -0.502 e. The Morgan fingerprint density at radius 3 is 2.17 bits per heavy atom. The number of nitrogens with one attached hydrogen (secondary N) is 1. The Morgan fingerprint density at radius 1 is 0.852 bits per heavy atom. The monoisotopic (exact) mass is 742 g/mol. The van der Waals surface area contributed by atoms with Crippen LogP contribution in [0.25, 0.3) is 10.9 Å². The van der Waals surface area contributed by atoms with Gasteiger partial charge in [-0.3, -0.25) is 19.3 Å². The number of aromatic hydroxyl groups is 1. The van der Waals surface area contributed by atoms with Crippen LogP contribution in [0, 0.1) is 0 Å². The minimum absolute atomic E-state index is 0.0772. The molecule has 5 aromatic rings. The molecule has 0 fully saturated rings. The summed E-state index contributed by atoms with van der Waals surface area (Å²) in [7, 11) is 10.5. The van der Waals surface area contributed by atoms with E-state index in [0.717, 1.165) is 16.7 Å². The summed E-state index contributed by atoms with van der Waals surface area (Å²) in [5.74, 6) is 0.314. The summed E-state index contributed by atoms with van der Waals surface area (Å²) >= 11 is 0.